The molecule has 2 N–H and O–H groups in total. The molecule has 0 aliphatic rings. The molecule has 1 unspecified atom stereocenters. The van der Waals surface area contributed by atoms with Crippen molar-refractivity contribution >= 4 is 22.6 Å². The molecular formula is C8H18AlNO. The number of hydrogen-bond donors (Lipinski definition) is 1. The van der Waals surface area contributed by atoms with Crippen molar-refractivity contribution in [1.29, 1.82) is 0 Å². The predicted molar refractivity (Wildman–Crippen MR) is 50.5 cm³/mol. The standard InChI is InChI=1S/C8H16NO.Al.2H/c1-2-3-4-8(7-10)5-6-9;;;/h7H,2-6,9H2,1H3;;;. The summed E-state index contributed by atoms with van der Waals surface area (Å²) in [7, 11) is 0. The molecule has 2 nitrogen and oxygen atoms in total. The summed E-state index contributed by atoms with van der Waals surface area (Å²) < 4.78 is -0.0231. The second-order valence-corrected chi connectivity index (χ2v) is 5.41. The van der Waals surface area contributed by atoms with Crippen LogP contribution in [-0.2, 0) is 4.79 Å². The van der Waals surface area contributed by atoms with Crippen LogP contribution < -0.4 is 5.73 Å². The van der Waals surface area contributed by atoms with Crippen molar-refractivity contribution in [3.63, 3.8) is 0 Å². The third-order valence-corrected chi connectivity index (χ3v) is 3.34. The van der Waals surface area contributed by atoms with Crippen molar-refractivity contribution in [2.75, 3.05) is 6.54 Å². The Hall–Kier alpha value is 0.162. The molecule has 0 saturated heterocycles. The Balaban J connectivity index is 3.77. The van der Waals surface area contributed by atoms with Crippen LogP contribution in [0.5, 0.6) is 0 Å². The molecule has 0 rings (SSSR count). The molecule has 0 aliphatic heterocycles. The molecule has 0 heterocycles. The first-order chi connectivity index (χ1) is 5.18. The first kappa shape index (κ1) is 11.2. The predicted octanol–water partition coefficient (Wildman–Crippen LogP) is 0.516. The monoisotopic (exact) mass is 171 g/mol. The van der Waals surface area contributed by atoms with Gasteiger partial charge in [0.25, 0.3) is 0 Å². The van der Waals surface area contributed by atoms with Crippen LogP contribution in [0.15, 0.2) is 0 Å². The molecule has 0 amide bonds. The molecule has 0 aromatic heterocycles. The Kier molecular flexibility index (Phi) is 5.85. The van der Waals surface area contributed by atoms with Gasteiger partial charge in [-0.05, 0) is 17.2 Å². The minimum Gasteiger partial charge on any atom is -0.330 e. The molecule has 0 radical (unpaired) electrons. The minimum atomic E-state index is -0.0231. The zero-order valence-corrected chi connectivity index (χ0v) is 9.60. The fourth-order valence-electron chi connectivity index (χ4n) is 1.15. The maximum absolute atomic E-state index is 10.7. The maximum atomic E-state index is 10.7. The first-order valence-corrected chi connectivity index (χ1v) is 5.35. The van der Waals surface area contributed by atoms with Crippen molar-refractivity contribution in [3.8, 4) is 0 Å². The van der Waals surface area contributed by atoms with E-state index in [0.29, 0.717) is 6.54 Å². The summed E-state index contributed by atoms with van der Waals surface area (Å²) in [5, 5.41) is 0. The molecule has 11 heavy (non-hydrogen) atoms. The maximum Gasteiger partial charge on any atom is 0.233 e. The molecule has 0 spiro atoms. The van der Waals surface area contributed by atoms with Crippen LogP contribution in [0.25, 0.3) is 0 Å². The molecule has 0 aliphatic carbocycles. The van der Waals surface area contributed by atoms with Gasteiger partial charge in [0.05, 0.1) is 0 Å². The number of nitrogens with two attached hydrogens (primary N) is 1. The Labute approximate surface area is 77.0 Å². The first-order valence-electron chi connectivity index (χ1n) is 4.35. The highest BCUT2D eigenvalue weighted by Crippen LogP contribution is 2.29. The lowest BCUT2D eigenvalue weighted by Crippen LogP contribution is -2.19. The van der Waals surface area contributed by atoms with E-state index in [2.05, 4.69) is 6.92 Å². The van der Waals surface area contributed by atoms with E-state index in [1.165, 1.54) is 6.42 Å². The lowest BCUT2D eigenvalue weighted by Gasteiger charge is -2.21. The molecular weight excluding hydrogens is 153 g/mol. The fourth-order valence-corrected chi connectivity index (χ4v) is 1.80. The van der Waals surface area contributed by atoms with Gasteiger partial charge in [-0.2, -0.15) is 0 Å². The van der Waals surface area contributed by atoms with E-state index in [9.17, 15) is 4.79 Å². The van der Waals surface area contributed by atoms with Gasteiger partial charge in [0.1, 0.15) is 6.29 Å². The average Bonchev–Trinajstić information content (AvgIpc) is 2.02. The Morgan fingerprint density at radius 3 is 2.55 bits per heavy atom. The van der Waals surface area contributed by atoms with Gasteiger partial charge in [0, 0.05) is 0 Å². The molecule has 64 valence electrons. The molecule has 3 heteroatoms. The molecule has 0 fully saturated rings. The summed E-state index contributed by atoms with van der Waals surface area (Å²) in [5.74, 6) is 0. The molecule has 0 aromatic rings. The van der Waals surface area contributed by atoms with Gasteiger partial charge in [-0.25, -0.2) is 0 Å². The minimum absolute atomic E-state index is 0.0231. The van der Waals surface area contributed by atoms with Crippen LogP contribution in [0.1, 0.15) is 32.6 Å². The SMILES string of the molecule is CCCC[C]([AlH2])(C=O)CCN. The number of hydrogen-bond acceptors (Lipinski definition) is 2. The summed E-state index contributed by atoms with van der Waals surface area (Å²) in [6.45, 7) is 2.79. The van der Waals surface area contributed by atoms with Crippen LogP contribution in [-0.4, -0.2) is 29.1 Å². The zero-order valence-electron chi connectivity index (χ0n) is 7.60. The summed E-state index contributed by atoms with van der Waals surface area (Å²) >= 11 is 0.945. The van der Waals surface area contributed by atoms with E-state index in [0.717, 1.165) is 41.8 Å². The van der Waals surface area contributed by atoms with Crippen LogP contribution in [0, 0.1) is 0 Å². The van der Waals surface area contributed by atoms with Gasteiger partial charge in [-0.1, -0.05) is 26.2 Å². The second kappa shape index (κ2) is 5.77. The Morgan fingerprint density at radius 2 is 2.18 bits per heavy atom. The molecule has 0 bridgehead atoms. The van der Waals surface area contributed by atoms with Gasteiger partial charge in [-0.15, -0.1) is 0 Å². The van der Waals surface area contributed by atoms with E-state index in [1.807, 2.05) is 0 Å². The van der Waals surface area contributed by atoms with E-state index < -0.39 is 0 Å². The normalized spacial score (nSPS) is 15.8. The van der Waals surface area contributed by atoms with E-state index in [4.69, 9.17) is 5.73 Å². The van der Waals surface area contributed by atoms with Crippen molar-refractivity contribution in [1.82, 2.24) is 0 Å². The highest BCUT2D eigenvalue weighted by molar-refractivity contribution is 6.24. The quantitative estimate of drug-likeness (QED) is 0.467. The van der Waals surface area contributed by atoms with Crippen molar-refractivity contribution in [2.24, 2.45) is 5.73 Å². The number of carbonyl (C=O) groups is 1. The number of aldehydes is 1. The molecule has 0 saturated carbocycles. The van der Waals surface area contributed by atoms with Gasteiger partial charge in [-0.3, -0.25) is 0 Å². The van der Waals surface area contributed by atoms with Gasteiger partial charge in [0.2, 0.25) is 16.3 Å². The van der Waals surface area contributed by atoms with E-state index in [-0.39, 0.29) is 4.28 Å². The van der Waals surface area contributed by atoms with Crippen molar-refractivity contribution in [2.45, 2.75) is 36.9 Å². The van der Waals surface area contributed by atoms with E-state index in [1.54, 1.807) is 0 Å². The smallest absolute Gasteiger partial charge is 0.233 e. The van der Waals surface area contributed by atoms with Crippen molar-refractivity contribution in [3.05, 3.63) is 0 Å². The second-order valence-electron chi connectivity index (χ2n) is 3.41. The average molecular weight is 171 g/mol. The number of rotatable bonds is 6. The van der Waals surface area contributed by atoms with Crippen LogP contribution in [0.4, 0.5) is 0 Å². The highest BCUT2D eigenvalue weighted by atomic mass is 27.0. The van der Waals surface area contributed by atoms with Crippen LogP contribution in [0.3, 0.4) is 0 Å². The number of unbranched alkanes of at least 4 members (excludes halogenated alkanes) is 1. The fraction of sp³-hybridized carbons (Fsp3) is 0.875. The largest absolute Gasteiger partial charge is 0.330 e. The topological polar surface area (TPSA) is 43.1 Å². The Bertz CT molecular complexity index is 119. The third kappa shape index (κ3) is 4.58. The summed E-state index contributed by atoms with van der Waals surface area (Å²) in [4.78, 5) is 10.7. The highest BCUT2D eigenvalue weighted by Gasteiger charge is 2.21. The lowest BCUT2D eigenvalue weighted by molar-refractivity contribution is -0.110. The lowest BCUT2D eigenvalue weighted by atomic mass is 9.99. The molecule has 1 atom stereocenters. The zero-order chi connectivity index (χ0) is 8.74. The third-order valence-electron chi connectivity index (χ3n) is 2.10. The summed E-state index contributed by atoms with van der Waals surface area (Å²) in [6, 6.07) is 0. The van der Waals surface area contributed by atoms with Crippen molar-refractivity contribution < 1.29 is 4.79 Å². The molecule has 0 aromatic carbocycles. The van der Waals surface area contributed by atoms with Crippen LogP contribution in [0.2, 0.25) is 4.28 Å². The number of carbonyl (C=O) groups excluding carboxylic acids is 1. The van der Waals surface area contributed by atoms with Gasteiger partial charge >= 0.3 is 0 Å². The summed E-state index contributed by atoms with van der Waals surface area (Å²) in [5.41, 5.74) is 5.43. The van der Waals surface area contributed by atoms with Gasteiger partial charge < -0.3 is 10.5 Å². The van der Waals surface area contributed by atoms with Gasteiger partial charge in [0.15, 0.2) is 0 Å². The summed E-state index contributed by atoms with van der Waals surface area (Å²) in [6.07, 6.45) is 5.35. The van der Waals surface area contributed by atoms with Crippen LogP contribution >= 0.6 is 0 Å². The van der Waals surface area contributed by atoms with E-state index >= 15 is 0 Å². The Morgan fingerprint density at radius 1 is 1.55 bits per heavy atom.